The second-order valence-electron chi connectivity index (χ2n) is 14.0. The van der Waals surface area contributed by atoms with Crippen molar-refractivity contribution < 1.29 is 26.8 Å². The van der Waals surface area contributed by atoms with Crippen LogP contribution in [0.4, 0.5) is 0 Å². The van der Waals surface area contributed by atoms with E-state index < -0.39 is 21.9 Å². The van der Waals surface area contributed by atoms with E-state index in [9.17, 15) is 13.2 Å². The van der Waals surface area contributed by atoms with Gasteiger partial charge in [0.2, 0.25) is 11.8 Å². The molecule has 1 aliphatic heterocycles. The molecule has 9 nitrogen and oxygen atoms in total. The van der Waals surface area contributed by atoms with E-state index in [2.05, 4.69) is 18.8 Å². The molecule has 1 aliphatic carbocycles. The molecule has 1 aromatic heterocycles. The van der Waals surface area contributed by atoms with E-state index in [1.807, 2.05) is 100 Å². The molecule has 0 amide bonds. The second-order valence-corrected chi connectivity index (χ2v) is 15.5. The molecule has 6 rings (SSSR count). The van der Waals surface area contributed by atoms with E-state index in [1.165, 1.54) is 10.6 Å². The summed E-state index contributed by atoms with van der Waals surface area (Å²) in [6, 6.07) is 24.8. The van der Waals surface area contributed by atoms with E-state index in [0.717, 1.165) is 16.7 Å². The maximum atomic E-state index is 14.0. The van der Waals surface area contributed by atoms with E-state index in [-0.39, 0.29) is 52.5 Å². The molecular formula is C39H46N2O7S. The number of benzene rings is 3. The Morgan fingerprint density at radius 2 is 1.43 bits per heavy atom. The monoisotopic (exact) mass is 686 g/mol. The number of rotatable bonds is 13. The first-order chi connectivity index (χ1) is 23.4. The van der Waals surface area contributed by atoms with Crippen LogP contribution in [0.15, 0.2) is 88.6 Å². The minimum atomic E-state index is -4.36. The van der Waals surface area contributed by atoms with Crippen LogP contribution < -0.4 is 14.6 Å². The Morgan fingerprint density at radius 1 is 0.837 bits per heavy atom. The third kappa shape index (κ3) is 7.46. The fraction of sp³-hybridized carbons (Fsp3) is 0.436. The van der Waals surface area contributed by atoms with E-state index in [0.29, 0.717) is 37.4 Å². The summed E-state index contributed by atoms with van der Waals surface area (Å²) in [5.74, 6) is -0.224. The molecule has 4 aromatic rings. The van der Waals surface area contributed by atoms with Crippen molar-refractivity contribution in [3.8, 4) is 11.8 Å². The first kappa shape index (κ1) is 34.9. The van der Waals surface area contributed by atoms with Crippen molar-refractivity contribution in [3.05, 3.63) is 117 Å². The Morgan fingerprint density at radius 3 is 2.00 bits per heavy atom. The Bertz CT molecular complexity index is 1900. The predicted octanol–water partition coefficient (Wildman–Crippen LogP) is 7.51. The van der Waals surface area contributed by atoms with Crippen molar-refractivity contribution >= 4 is 10.1 Å². The number of fused-ring (bicyclic) bond motifs is 3. The molecule has 10 heteroatoms. The van der Waals surface area contributed by atoms with Crippen molar-refractivity contribution in [3.63, 3.8) is 0 Å². The van der Waals surface area contributed by atoms with Crippen LogP contribution in [0.1, 0.15) is 99.6 Å². The smallest absolute Gasteiger partial charge is 0.354 e. The van der Waals surface area contributed by atoms with Gasteiger partial charge in [-0.15, -0.1) is 0 Å². The minimum absolute atomic E-state index is 0.0796. The lowest BCUT2D eigenvalue weighted by molar-refractivity contribution is -0.0406. The molecular weight excluding hydrogens is 641 g/mol. The molecule has 260 valence electrons. The third-order valence-electron chi connectivity index (χ3n) is 9.49. The highest BCUT2D eigenvalue weighted by Crippen LogP contribution is 2.46. The van der Waals surface area contributed by atoms with Crippen LogP contribution in [0.2, 0.25) is 0 Å². The van der Waals surface area contributed by atoms with E-state index in [1.54, 1.807) is 0 Å². The highest BCUT2D eigenvalue weighted by molar-refractivity contribution is 7.87. The molecule has 49 heavy (non-hydrogen) atoms. The van der Waals surface area contributed by atoms with Gasteiger partial charge in [0.15, 0.2) is 0 Å². The highest BCUT2D eigenvalue weighted by Gasteiger charge is 2.51. The fourth-order valence-corrected chi connectivity index (χ4v) is 8.44. The number of nitrogens with zero attached hydrogens (tertiary/aromatic N) is 2. The molecule has 2 aliphatic rings. The summed E-state index contributed by atoms with van der Waals surface area (Å²) in [6.07, 6.45) is -0.150. The largest absolute Gasteiger partial charge is 0.473 e. The van der Waals surface area contributed by atoms with Gasteiger partial charge in [0.1, 0.15) is 11.0 Å². The highest BCUT2D eigenvalue weighted by atomic mass is 32.2. The molecule has 1 fully saturated rings. The van der Waals surface area contributed by atoms with Crippen LogP contribution in [0.5, 0.6) is 11.8 Å². The maximum absolute atomic E-state index is 14.0. The Kier molecular flexibility index (Phi) is 10.3. The third-order valence-corrected chi connectivity index (χ3v) is 10.9. The molecule has 0 unspecified atom stereocenters. The zero-order valence-electron chi connectivity index (χ0n) is 29.0. The lowest BCUT2D eigenvalue weighted by Gasteiger charge is -2.24. The number of aromatic nitrogens is 2. The van der Waals surface area contributed by atoms with Crippen LogP contribution in [0.3, 0.4) is 0 Å². The summed E-state index contributed by atoms with van der Waals surface area (Å²) in [5.41, 5.74) is 3.89. The molecule has 0 bridgehead atoms. The van der Waals surface area contributed by atoms with Crippen molar-refractivity contribution in [2.45, 2.75) is 102 Å². The zero-order valence-corrected chi connectivity index (χ0v) is 29.9. The summed E-state index contributed by atoms with van der Waals surface area (Å²) in [4.78, 5) is 17.8. The molecule has 4 atom stereocenters. The lowest BCUT2D eigenvalue weighted by Crippen LogP contribution is -2.33. The number of ether oxygens (including phenoxy) is 3. The average molecular weight is 687 g/mol. The summed E-state index contributed by atoms with van der Waals surface area (Å²) >= 11 is 0. The Hall–Kier alpha value is -3.99. The van der Waals surface area contributed by atoms with Crippen LogP contribution >= 0.6 is 0 Å². The number of hydrogen-bond acceptors (Lipinski definition) is 8. The zero-order chi connectivity index (χ0) is 34.9. The Balaban J connectivity index is 1.27. The molecule has 3 aromatic carbocycles. The van der Waals surface area contributed by atoms with Crippen molar-refractivity contribution in [1.82, 2.24) is 9.55 Å². The van der Waals surface area contributed by atoms with Gasteiger partial charge < -0.3 is 18.4 Å². The van der Waals surface area contributed by atoms with Gasteiger partial charge in [-0.1, -0.05) is 114 Å². The quantitative estimate of drug-likeness (QED) is 0.133. The van der Waals surface area contributed by atoms with Crippen LogP contribution in [-0.4, -0.2) is 36.8 Å². The first-order valence-corrected chi connectivity index (χ1v) is 18.5. The molecule has 0 saturated heterocycles. The van der Waals surface area contributed by atoms with Gasteiger partial charge in [-0.2, -0.15) is 13.4 Å². The van der Waals surface area contributed by atoms with Gasteiger partial charge in [-0.3, -0.25) is 4.57 Å². The summed E-state index contributed by atoms with van der Waals surface area (Å²) in [7, 11) is -4.36. The van der Waals surface area contributed by atoms with Crippen molar-refractivity contribution in [2.24, 2.45) is 5.92 Å². The fourth-order valence-electron chi connectivity index (χ4n) is 6.88. The molecule has 2 heterocycles. The summed E-state index contributed by atoms with van der Waals surface area (Å²) in [5, 5.41) is 0. The standard InChI is InChI=1S/C39H46N2O7S/c1-24(2)29-17-30(25(3)4)38(31(18-29)26(5)6)49(43,44)48-35-20-36-41(39(42)40-35)33-19-34(46-22-28-15-11-8-12-16-28)32(37(33)47-36)23-45-21-27-13-9-7-10-14-27/h7-18,20,24-26,32-34,37H,19,21-23H2,1-6H3/t32-,33+,34+,37-/m0/s1. The van der Waals surface area contributed by atoms with Crippen molar-refractivity contribution in [2.75, 3.05) is 6.61 Å². The summed E-state index contributed by atoms with van der Waals surface area (Å²) < 4.78 is 54.2. The molecule has 0 N–H and O–H groups in total. The average Bonchev–Trinajstić information content (AvgIpc) is 3.59. The lowest BCUT2D eigenvalue weighted by atomic mass is 9.89. The number of hydrogen-bond donors (Lipinski definition) is 0. The maximum Gasteiger partial charge on any atom is 0.354 e. The van der Waals surface area contributed by atoms with E-state index >= 15 is 0 Å². The van der Waals surface area contributed by atoms with Crippen LogP contribution in [0, 0.1) is 5.92 Å². The molecule has 0 spiro atoms. The van der Waals surface area contributed by atoms with Gasteiger partial charge >= 0.3 is 15.8 Å². The predicted molar refractivity (Wildman–Crippen MR) is 188 cm³/mol. The SMILES string of the molecule is CC(C)c1cc(C(C)C)c(S(=O)(=O)Oc2cc3n(c(=O)n2)[C@@H]2C[C@@H](OCc4ccccc4)[C@H](COCc4ccccc4)[C@@H]2O3)c(C(C)C)c1. The van der Waals surface area contributed by atoms with E-state index in [4.69, 9.17) is 18.4 Å². The molecule has 1 saturated carbocycles. The van der Waals surface area contributed by atoms with Gasteiger partial charge in [0.05, 0.1) is 38.0 Å². The molecule has 0 radical (unpaired) electrons. The first-order valence-electron chi connectivity index (χ1n) is 17.1. The van der Waals surface area contributed by atoms with Crippen LogP contribution in [-0.2, 0) is 32.8 Å². The van der Waals surface area contributed by atoms with Crippen LogP contribution in [0.25, 0.3) is 0 Å². The van der Waals surface area contributed by atoms with Crippen molar-refractivity contribution in [1.29, 1.82) is 0 Å². The Labute approximate surface area is 289 Å². The van der Waals surface area contributed by atoms with Gasteiger partial charge in [-0.05, 0) is 52.0 Å². The topological polar surface area (TPSA) is 106 Å². The summed E-state index contributed by atoms with van der Waals surface area (Å²) in [6.45, 7) is 13.2. The minimum Gasteiger partial charge on any atom is -0.473 e. The van der Waals surface area contributed by atoms with Gasteiger partial charge in [0, 0.05) is 5.92 Å². The van der Waals surface area contributed by atoms with Gasteiger partial charge in [-0.25, -0.2) is 4.79 Å². The second kappa shape index (κ2) is 14.5. The normalized spacial score (nSPS) is 20.1. The van der Waals surface area contributed by atoms with Gasteiger partial charge in [0.25, 0.3) is 0 Å².